The minimum Gasteiger partial charge on any atom is -1.00 e. The van der Waals surface area contributed by atoms with Crippen LogP contribution >= 0.6 is 0 Å². The molecule has 0 heterocycles. The highest BCUT2D eigenvalue weighted by atomic mass is 35.5. The summed E-state index contributed by atoms with van der Waals surface area (Å²) in [5.74, 6) is -2.15. The molecule has 0 fully saturated rings. The van der Waals surface area contributed by atoms with Crippen LogP contribution in [0.15, 0.2) is 18.2 Å². The third-order valence-electron chi connectivity index (χ3n) is 1.45. The van der Waals surface area contributed by atoms with Gasteiger partial charge in [0.15, 0.2) is 5.82 Å². The van der Waals surface area contributed by atoms with Crippen LogP contribution in [0.25, 0.3) is 0 Å². The maximum atomic E-state index is 12.8. The molecule has 78 valence electrons. The van der Waals surface area contributed by atoms with E-state index < -0.39 is 22.7 Å². The number of rotatable bonds is 2. The summed E-state index contributed by atoms with van der Waals surface area (Å²) in [6.07, 6.45) is 0. The molecule has 0 aromatic heterocycles. The molecule has 5 nitrogen and oxygen atoms in total. The van der Waals surface area contributed by atoms with Crippen LogP contribution in [0.3, 0.4) is 0 Å². The van der Waals surface area contributed by atoms with Crippen molar-refractivity contribution in [3.63, 3.8) is 0 Å². The van der Waals surface area contributed by atoms with Gasteiger partial charge in [-0.15, -0.1) is 0 Å². The summed E-state index contributed by atoms with van der Waals surface area (Å²) in [4.78, 5) is 10.4. The normalized spacial score (nSPS) is 9.71. The number of carbonyl (C=O) groups is 1. The van der Waals surface area contributed by atoms with E-state index in [2.05, 4.69) is 0 Å². The van der Waals surface area contributed by atoms with E-state index in [1.807, 2.05) is 0 Å². The molecule has 0 bridgehead atoms. The molecular formula is C7H7ClFNO4. The summed E-state index contributed by atoms with van der Waals surface area (Å²) in [6, 6.07) is 2.72. The summed E-state index contributed by atoms with van der Waals surface area (Å²) >= 11 is 0. The van der Waals surface area contributed by atoms with Gasteiger partial charge in [0, 0.05) is 6.07 Å². The van der Waals surface area contributed by atoms with Crippen LogP contribution in [0.1, 0.15) is 10.4 Å². The molecule has 0 aliphatic rings. The summed E-state index contributed by atoms with van der Waals surface area (Å²) in [6.45, 7) is 0. The fourth-order valence-corrected chi connectivity index (χ4v) is 0.830. The first-order valence-corrected chi connectivity index (χ1v) is 3.30. The fourth-order valence-electron chi connectivity index (χ4n) is 0.830. The molecule has 0 saturated heterocycles. The van der Waals surface area contributed by atoms with Crippen LogP contribution < -0.4 is 17.6 Å². The molecule has 0 aliphatic heterocycles. The van der Waals surface area contributed by atoms with Crippen LogP contribution in [-0.2, 0) is 0 Å². The van der Waals surface area contributed by atoms with Crippen LogP contribution in [0.2, 0.25) is 0 Å². The minimum atomic E-state index is -1.26. The molecule has 7 heteroatoms. The van der Waals surface area contributed by atoms with Crippen molar-refractivity contribution in [1.29, 1.82) is 0 Å². The van der Waals surface area contributed by atoms with Crippen molar-refractivity contribution >= 4 is 11.7 Å². The Labute approximate surface area is 84.3 Å². The molecule has 0 radical (unpaired) electrons. The number of benzene rings is 1. The summed E-state index contributed by atoms with van der Waals surface area (Å²) in [7, 11) is 0. The molecule has 14 heavy (non-hydrogen) atoms. The number of carboxylic acid groups (broad SMARTS) is 1. The van der Waals surface area contributed by atoms with Crippen molar-refractivity contribution in [1.82, 2.24) is 0 Å². The van der Waals surface area contributed by atoms with Crippen molar-refractivity contribution in [2.75, 3.05) is 0 Å². The molecule has 0 amide bonds. The monoisotopic (exact) mass is 223 g/mol. The second-order valence-electron chi connectivity index (χ2n) is 2.32. The Kier molecular flexibility index (Phi) is 4.45. The van der Waals surface area contributed by atoms with E-state index in [0.29, 0.717) is 0 Å². The fraction of sp³-hybridized carbons (Fsp3) is 0. The maximum Gasteiger partial charge on any atom is 0.335 e. The average Bonchev–Trinajstić information content (AvgIpc) is 2.04. The van der Waals surface area contributed by atoms with Crippen LogP contribution in [0.4, 0.5) is 10.1 Å². The Morgan fingerprint density at radius 2 is 1.93 bits per heavy atom. The number of hydrogen-bond donors (Lipinski definition) is 4. The predicted octanol–water partition coefficient (Wildman–Crippen LogP) is -3.18. The first-order valence-electron chi connectivity index (χ1n) is 3.30. The molecule has 0 aliphatic carbocycles. The summed E-state index contributed by atoms with van der Waals surface area (Å²) < 4.78 is 12.8. The maximum absolute atomic E-state index is 12.8. The zero-order valence-corrected chi connectivity index (χ0v) is 7.49. The number of aromatic carboxylic acids is 1. The highest BCUT2D eigenvalue weighted by Gasteiger charge is 2.16. The number of quaternary nitrogens is 1. The lowest BCUT2D eigenvalue weighted by molar-refractivity contribution is -1.19. The van der Waals surface area contributed by atoms with Gasteiger partial charge in [-0.25, -0.2) is 9.18 Å². The molecule has 1 aromatic rings. The topological polar surface area (TPSA) is 82.2 Å². The standard InChI is InChI=1S/C7H6FNO4.ClH/c8-5-2-1-4(7(10)11)3-6(5)9(12)13;/h1-3,12-13H,(H,10,11);1H. The highest BCUT2D eigenvalue weighted by molar-refractivity contribution is 5.88. The van der Waals surface area contributed by atoms with Crippen molar-refractivity contribution in [3.8, 4) is 0 Å². The summed E-state index contributed by atoms with van der Waals surface area (Å²) in [5.41, 5.74) is -0.739. The smallest absolute Gasteiger partial charge is 0.335 e. The van der Waals surface area contributed by atoms with Crippen molar-refractivity contribution in [3.05, 3.63) is 29.6 Å². The molecule has 1 rings (SSSR count). The SMILES string of the molecule is O=C(O)c1ccc(F)c([NH+](O)O)c1.[Cl-]. The van der Waals surface area contributed by atoms with Gasteiger partial charge in [0.1, 0.15) is 0 Å². The first-order chi connectivity index (χ1) is 6.02. The van der Waals surface area contributed by atoms with Crippen molar-refractivity contribution < 1.29 is 42.3 Å². The number of halogens is 2. The van der Waals surface area contributed by atoms with E-state index in [-0.39, 0.29) is 18.0 Å². The molecule has 0 saturated carbocycles. The molecule has 0 spiro atoms. The Morgan fingerprint density at radius 1 is 1.36 bits per heavy atom. The third-order valence-corrected chi connectivity index (χ3v) is 1.45. The van der Waals surface area contributed by atoms with Gasteiger partial charge in [0.05, 0.1) is 5.56 Å². The molecule has 0 unspecified atom stereocenters. The number of carboxylic acids is 1. The molecule has 0 atom stereocenters. The molecule has 4 N–H and O–H groups in total. The van der Waals surface area contributed by atoms with Gasteiger partial charge in [0.25, 0.3) is 0 Å². The third kappa shape index (κ3) is 2.64. The van der Waals surface area contributed by atoms with Gasteiger partial charge in [-0.1, -0.05) is 0 Å². The lowest BCUT2D eigenvalue weighted by Crippen LogP contribution is -3.02. The largest absolute Gasteiger partial charge is 1.00 e. The van der Waals surface area contributed by atoms with E-state index in [9.17, 15) is 9.18 Å². The Morgan fingerprint density at radius 3 is 2.36 bits per heavy atom. The molecular weight excluding hydrogens is 217 g/mol. The van der Waals surface area contributed by atoms with Crippen LogP contribution in [0.5, 0.6) is 0 Å². The predicted molar refractivity (Wildman–Crippen MR) is 37.6 cm³/mol. The Bertz CT molecular complexity index is 344. The van der Waals surface area contributed by atoms with E-state index in [4.69, 9.17) is 15.5 Å². The van der Waals surface area contributed by atoms with Gasteiger partial charge < -0.3 is 17.5 Å². The van der Waals surface area contributed by atoms with Gasteiger partial charge in [-0.2, -0.15) is 10.4 Å². The van der Waals surface area contributed by atoms with Gasteiger partial charge in [0.2, 0.25) is 5.69 Å². The molecule has 1 aromatic carbocycles. The van der Waals surface area contributed by atoms with E-state index in [1.165, 1.54) is 0 Å². The van der Waals surface area contributed by atoms with Crippen molar-refractivity contribution in [2.24, 2.45) is 0 Å². The zero-order valence-electron chi connectivity index (χ0n) is 6.74. The average molecular weight is 224 g/mol. The highest BCUT2D eigenvalue weighted by Crippen LogP contribution is 2.11. The second kappa shape index (κ2) is 4.87. The van der Waals surface area contributed by atoms with E-state index in [0.717, 1.165) is 18.2 Å². The summed E-state index contributed by atoms with van der Waals surface area (Å²) in [5, 5.41) is 24.4. The zero-order chi connectivity index (χ0) is 10.0. The quantitative estimate of drug-likeness (QED) is 0.399. The van der Waals surface area contributed by atoms with E-state index in [1.54, 1.807) is 0 Å². The van der Waals surface area contributed by atoms with Gasteiger partial charge in [-0.05, 0) is 17.4 Å². The number of nitrogens with one attached hydrogen (secondary N) is 1. The Balaban J connectivity index is 0.00000169. The van der Waals surface area contributed by atoms with Gasteiger partial charge in [-0.3, -0.25) is 0 Å². The first kappa shape index (κ1) is 12.8. The lowest BCUT2D eigenvalue weighted by atomic mass is 10.2. The second-order valence-corrected chi connectivity index (χ2v) is 2.32. The number of hydrogen-bond acceptors (Lipinski definition) is 3. The Hall–Kier alpha value is -1.21. The minimum absolute atomic E-state index is 0. The van der Waals surface area contributed by atoms with E-state index >= 15 is 0 Å². The lowest BCUT2D eigenvalue weighted by Gasteiger charge is -2.02. The van der Waals surface area contributed by atoms with Crippen LogP contribution in [-0.4, -0.2) is 21.5 Å². The van der Waals surface area contributed by atoms with Crippen LogP contribution in [0, 0.1) is 5.82 Å². The van der Waals surface area contributed by atoms with Gasteiger partial charge >= 0.3 is 5.97 Å². The van der Waals surface area contributed by atoms with Crippen molar-refractivity contribution in [2.45, 2.75) is 0 Å².